The topological polar surface area (TPSA) is 90.7 Å². The van der Waals surface area contributed by atoms with E-state index in [1.807, 2.05) is 0 Å². The van der Waals surface area contributed by atoms with Gasteiger partial charge in [0, 0.05) is 19.3 Å². The number of aromatic nitrogens is 2. The lowest BCUT2D eigenvalue weighted by Gasteiger charge is -2.16. The Labute approximate surface area is 154 Å². The van der Waals surface area contributed by atoms with Crippen molar-refractivity contribution in [2.75, 3.05) is 26.2 Å². The van der Waals surface area contributed by atoms with Gasteiger partial charge in [-0.25, -0.2) is 4.79 Å². The van der Waals surface area contributed by atoms with Crippen molar-refractivity contribution in [1.82, 2.24) is 14.5 Å². The summed E-state index contributed by atoms with van der Waals surface area (Å²) >= 11 is 0. The van der Waals surface area contributed by atoms with Crippen molar-refractivity contribution in [3.05, 3.63) is 38.1 Å². The molecular weight excluding hydrogens is 332 g/mol. The second-order valence-electron chi connectivity index (χ2n) is 6.57. The maximum Gasteiger partial charge on any atom is 0.331 e. The normalized spacial score (nSPS) is 15.0. The SMILES string of the molecule is CCN(CC)CCN=Cc1c(O)n(CCC2=CCCCC2)c(=O)[nH]c1=O. The largest absolute Gasteiger partial charge is 0.494 e. The molecule has 26 heavy (non-hydrogen) atoms. The Kier molecular flexibility index (Phi) is 7.84. The van der Waals surface area contributed by atoms with Crippen LogP contribution in [0.3, 0.4) is 0 Å². The van der Waals surface area contributed by atoms with Crippen LogP contribution in [0.2, 0.25) is 0 Å². The van der Waals surface area contributed by atoms with Gasteiger partial charge in [0.05, 0.1) is 6.54 Å². The van der Waals surface area contributed by atoms with E-state index < -0.39 is 11.2 Å². The maximum atomic E-state index is 12.1. The summed E-state index contributed by atoms with van der Waals surface area (Å²) in [4.78, 5) is 32.8. The molecule has 0 aromatic carbocycles. The van der Waals surface area contributed by atoms with Crippen molar-refractivity contribution >= 4 is 6.21 Å². The van der Waals surface area contributed by atoms with E-state index in [1.54, 1.807) is 0 Å². The lowest BCUT2D eigenvalue weighted by Crippen LogP contribution is -2.32. The number of hydrogen-bond acceptors (Lipinski definition) is 5. The van der Waals surface area contributed by atoms with Gasteiger partial charge >= 0.3 is 5.69 Å². The van der Waals surface area contributed by atoms with Gasteiger partial charge in [-0.15, -0.1) is 0 Å². The Morgan fingerprint density at radius 1 is 1.31 bits per heavy atom. The molecule has 0 bridgehead atoms. The van der Waals surface area contributed by atoms with Crippen molar-refractivity contribution < 1.29 is 5.11 Å². The van der Waals surface area contributed by atoms with Gasteiger partial charge in [-0.1, -0.05) is 25.5 Å². The van der Waals surface area contributed by atoms with Gasteiger partial charge in [-0.3, -0.25) is 19.3 Å². The standard InChI is InChI=1S/C19H30N4O3/c1-3-22(4-2)13-11-20-14-16-17(24)21-19(26)23(18(16)25)12-10-15-8-6-5-7-9-15/h8,14,25H,3-7,9-13H2,1-2H3,(H,21,24,26). The first-order chi connectivity index (χ1) is 12.6. The van der Waals surface area contributed by atoms with Gasteiger partial charge in [0.1, 0.15) is 5.56 Å². The number of nitrogens with one attached hydrogen (secondary N) is 1. The minimum atomic E-state index is -0.604. The number of aliphatic imine (C=N–C) groups is 1. The van der Waals surface area contributed by atoms with Crippen molar-refractivity contribution in [2.45, 2.75) is 52.5 Å². The molecule has 1 aliphatic rings. The molecular formula is C19H30N4O3. The summed E-state index contributed by atoms with van der Waals surface area (Å²) in [5.41, 5.74) is 0.168. The van der Waals surface area contributed by atoms with E-state index in [0.717, 1.165) is 32.5 Å². The second-order valence-corrected chi connectivity index (χ2v) is 6.57. The molecule has 0 saturated carbocycles. The predicted octanol–water partition coefficient (Wildman–Crippen LogP) is 1.89. The fourth-order valence-corrected chi connectivity index (χ4v) is 3.18. The second kappa shape index (κ2) is 10.1. The van der Waals surface area contributed by atoms with Crippen molar-refractivity contribution in [1.29, 1.82) is 0 Å². The zero-order valence-electron chi connectivity index (χ0n) is 15.8. The number of allylic oxidation sites excluding steroid dienone is 2. The number of nitrogens with zero attached hydrogens (tertiary/aromatic N) is 3. The summed E-state index contributed by atoms with van der Waals surface area (Å²) in [7, 11) is 0. The van der Waals surface area contributed by atoms with Crippen LogP contribution in [-0.2, 0) is 6.54 Å². The summed E-state index contributed by atoms with van der Waals surface area (Å²) in [5, 5.41) is 10.4. The van der Waals surface area contributed by atoms with Crippen LogP contribution in [0.5, 0.6) is 5.88 Å². The minimum absolute atomic E-state index is 0.0433. The first-order valence-electron chi connectivity index (χ1n) is 9.53. The molecule has 0 aliphatic heterocycles. The average molecular weight is 362 g/mol. The fraction of sp³-hybridized carbons (Fsp3) is 0.632. The van der Waals surface area contributed by atoms with E-state index in [1.165, 1.54) is 29.2 Å². The number of H-pyrrole nitrogens is 1. The van der Waals surface area contributed by atoms with Crippen LogP contribution in [0, 0.1) is 0 Å². The molecule has 0 radical (unpaired) electrons. The average Bonchev–Trinajstić information content (AvgIpc) is 2.64. The molecule has 7 heteroatoms. The highest BCUT2D eigenvalue weighted by Crippen LogP contribution is 2.21. The maximum absolute atomic E-state index is 12.1. The van der Waals surface area contributed by atoms with Crippen molar-refractivity contribution in [3.8, 4) is 5.88 Å². The molecule has 0 atom stereocenters. The Morgan fingerprint density at radius 3 is 2.73 bits per heavy atom. The molecule has 0 saturated heterocycles. The molecule has 1 heterocycles. The van der Waals surface area contributed by atoms with E-state index >= 15 is 0 Å². The van der Waals surface area contributed by atoms with E-state index in [4.69, 9.17) is 0 Å². The zero-order chi connectivity index (χ0) is 18.9. The molecule has 7 nitrogen and oxygen atoms in total. The van der Waals surface area contributed by atoms with Crippen LogP contribution in [0.25, 0.3) is 0 Å². The summed E-state index contributed by atoms with van der Waals surface area (Å²) in [5.74, 6) is -0.304. The quantitative estimate of drug-likeness (QED) is 0.518. The molecule has 0 fully saturated rings. The third-order valence-electron chi connectivity index (χ3n) is 4.91. The number of hydrogen-bond donors (Lipinski definition) is 2. The van der Waals surface area contributed by atoms with Crippen LogP contribution in [0.15, 0.2) is 26.2 Å². The molecule has 1 aliphatic carbocycles. The van der Waals surface area contributed by atoms with E-state index in [9.17, 15) is 14.7 Å². The highest BCUT2D eigenvalue weighted by atomic mass is 16.3. The highest BCUT2D eigenvalue weighted by molar-refractivity contribution is 5.81. The number of aromatic hydroxyl groups is 1. The molecule has 1 aromatic heterocycles. The molecule has 2 N–H and O–H groups in total. The Bertz CT molecular complexity index is 757. The summed E-state index contributed by atoms with van der Waals surface area (Å²) in [6.07, 6.45) is 8.79. The third-order valence-corrected chi connectivity index (χ3v) is 4.91. The number of aromatic amines is 1. The number of likely N-dealkylation sites (N-methyl/N-ethyl adjacent to an activating group) is 1. The molecule has 0 spiro atoms. The van der Waals surface area contributed by atoms with E-state index in [-0.39, 0.29) is 11.4 Å². The van der Waals surface area contributed by atoms with Gasteiger partial charge in [0.15, 0.2) is 0 Å². The first-order valence-corrected chi connectivity index (χ1v) is 9.53. The van der Waals surface area contributed by atoms with Crippen LogP contribution < -0.4 is 11.2 Å². The highest BCUT2D eigenvalue weighted by Gasteiger charge is 2.13. The smallest absolute Gasteiger partial charge is 0.331 e. The van der Waals surface area contributed by atoms with Gasteiger partial charge in [0.2, 0.25) is 5.88 Å². The minimum Gasteiger partial charge on any atom is -0.494 e. The van der Waals surface area contributed by atoms with Gasteiger partial charge < -0.3 is 10.0 Å². The molecule has 0 amide bonds. The predicted molar refractivity (Wildman–Crippen MR) is 104 cm³/mol. The number of rotatable bonds is 9. The Morgan fingerprint density at radius 2 is 2.08 bits per heavy atom. The van der Waals surface area contributed by atoms with Crippen LogP contribution >= 0.6 is 0 Å². The molecule has 2 rings (SSSR count). The van der Waals surface area contributed by atoms with Gasteiger partial charge in [0.25, 0.3) is 5.56 Å². The molecule has 1 aromatic rings. The summed E-state index contributed by atoms with van der Waals surface area (Å²) in [6, 6.07) is 0. The van der Waals surface area contributed by atoms with E-state index in [0.29, 0.717) is 19.5 Å². The van der Waals surface area contributed by atoms with Crippen molar-refractivity contribution in [2.24, 2.45) is 4.99 Å². The van der Waals surface area contributed by atoms with Gasteiger partial charge in [-0.2, -0.15) is 0 Å². The fourth-order valence-electron chi connectivity index (χ4n) is 3.18. The van der Waals surface area contributed by atoms with Gasteiger partial charge in [-0.05, 0) is 45.2 Å². The lowest BCUT2D eigenvalue weighted by molar-refractivity contribution is 0.313. The Hall–Kier alpha value is -2.15. The first kappa shape index (κ1) is 20.2. The Balaban J connectivity index is 2.10. The monoisotopic (exact) mass is 362 g/mol. The third kappa shape index (κ3) is 5.42. The van der Waals surface area contributed by atoms with Crippen LogP contribution in [0.4, 0.5) is 0 Å². The zero-order valence-corrected chi connectivity index (χ0v) is 15.8. The molecule has 0 unspecified atom stereocenters. The summed E-state index contributed by atoms with van der Waals surface area (Å²) in [6.45, 7) is 7.73. The van der Waals surface area contributed by atoms with E-state index in [2.05, 4.69) is 34.8 Å². The lowest BCUT2D eigenvalue weighted by atomic mass is 9.97. The summed E-state index contributed by atoms with van der Waals surface area (Å²) < 4.78 is 1.22. The molecule has 144 valence electrons. The van der Waals surface area contributed by atoms with Crippen molar-refractivity contribution in [3.63, 3.8) is 0 Å². The van der Waals surface area contributed by atoms with Crippen LogP contribution in [-0.4, -0.2) is 52.0 Å². The van der Waals surface area contributed by atoms with Crippen LogP contribution in [0.1, 0.15) is 51.5 Å².